The molecule has 0 atom stereocenters. The van der Waals surface area contributed by atoms with Crippen LogP contribution in [0.1, 0.15) is 49.1 Å². The Labute approximate surface area is 131 Å². The highest BCUT2D eigenvalue weighted by atomic mass is 35.5. The quantitative estimate of drug-likeness (QED) is 0.894. The number of thiazole rings is 1. The van der Waals surface area contributed by atoms with Crippen molar-refractivity contribution in [2.45, 2.75) is 52.4 Å². The number of amides is 1. The molecule has 1 amide bonds. The minimum absolute atomic E-state index is 0. The van der Waals surface area contributed by atoms with Crippen LogP contribution in [-0.4, -0.2) is 17.4 Å². The van der Waals surface area contributed by atoms with Gasteiger partial charge in [-0.15, -0.1) is 23.7 Å². The number of carbonyl (C=O) groups excluding carboxylic acids is 1. The molecule has 0 aliphatic heterocycles. The molecular formula is C14H24ClN3OS. The van der Waals surface area contributed by atoms with E-state index < -0.39 is 0 Å². The first kappa shape index (κ1) is 17.4. The Morgan fingerprint density at radius 2 is 2.00 bits per heavy atom. The van der Waals surface area contributed by atoms with Gasteiger partial charge < -0.3 is 11.1 Å². The molecule has 0 saturated heterocycles. The number of hydrogen-bond donors (Lipinski definition) is 2. The summed E-state index contributed by atoms with van der Waals surface area (Å²) < 4.78 is 0. The van der Waals surface area contributed by atoms with Crippen LogP contribution in [0.5, 0.6) is 0 Å². The van der Waals surface area contributed by atoms with E-state index in [0.29, 0.717) is 18.1 Å². The fourth-order valence-electron chi connectivity index (χ4n) is 2.79. The van der Waals surface area contributed by atoms with Gasteiger partial charge in [0.25, 0.3) is 0 Å². The van der Waals surface area contributed by atoms with Crippen molar-refractivity contribution < 1.29 is 4.79 Å². The van der Waals surface area contributed by atoms with Crippen LogP contribution in [0, 0.1) is 19.3 Å². The monoisotopic (exact) mass is 317 g/mol. The smallest absolute Gasteiger partial charge is 0.226 e. The molecule has 0 bridgehead atoms. The number of nitrogens with two attached hydrogens (primary N) is 1. The van der Waals surface area contributed by atoms with Gasteiger partial charge in [-0.2, -0.15) is 0 Å². The molecule has 1 saturated carbocycles. The zero-order valence-electron chi connectivity index (χ0n) is 12.2. The zero-order chi connectivity index (χ0) is 13.9. The number of aromatic nitrogens is 1. The van der Waals surface area contributed by atoms with Gasteiger partial charge in [0.1, 0.15) is 0 Å². The molecule has 1 aromatic rings. The minimum atomic E-state index is 0. The Kier molecular flexibility index (Phi) is 6.43. The second-order valence-corrected chi connectivity index (χ2v) is 6.85. The molecule has 0 radical (unpaired) electrons. The molecule has 20 heavy (non-hydrogen) atoms. The molecule has 1 aliphatic rings. The van der Waals surface area contributed by atoms with Crippen LogP contribution in [0.2, 0.25) is 0 Å². The topological polar surface area (TPSA) is 68.0 Å². The first-order valence-corrected chi connectivity index (χ1v) is 7.80. The lowest BCUT2D eigenvalue weighted by atomic mass is 9.72. The third-order valence-electron chi connectivity index (χ3n) is 4.16. The zero-order valence-corrected chi connectivity index (χ0v) is 13.8. The molecule has 0 unspecified atom stereocenters. The van der Waals surface area contributed by atoms with Crippen LogP contribution in [-0.2, 0) is 4.79 Å². The molecule has 1 aromatic heterocycles. The molecule has 1 fully saturated rings. The number of anilines is 1. The van der Waals surface area contributed by atoms with Crippen molar-refractivity contribution in [2.24, 2.45) is 11.1 Å². The van der Waals surface area contributed by atoms with Gasteiger partial charge in [-0.05, 0) is 38.6 Å². The normalized spacial score (nSPS) is 17.4. The summed E-state index contributed by atoms with van der Waals surface area (Å²) in [7, 11) is 0. The molecule has 1 heterocycles. The van der Waals surface area contributed by atoms with E-state index in [9.17, 15) is 4.79 Å². The molecule has 0 aromatic carbocycles. The Hall–Kier alpha value is -0.650. The van der Waals surface area contributed by atoms with E-state index >= 15 is 0 Å². The Balaban J connectivity index is 0.00000200. The van der Waals surface area contributed by atoms with Crippen molar-refractivity contribution in [1.29, 1.82) is 0 Å². The number of nitrogens with one attached hydrogen (secondary N) is 1. The van der Waals surface area contributed by atoms with E-state index in [1.165, 1.54) is 30.6 Å². The summed E-state index contributed by atoms with van der Waals surface area (Å²) >= 11 is 1.54. The Bertz CT molecular complexity index is 436. The van der Waals surface area contributed by atoms with Gasteiger partial charge in [0.2, 0.25) is 5.91 Å². The van der Waals surface area contributed by atoms with Gasteiger partial charge >= 0.3 is 0 Å². The largest absolute Gasteiger partial charge is 0.330 e. The number of nitrogens with zero attached hydrogens (tertiary/aromatic N) is 1. The first-order chi connectivity index (χ1) is 9.04. The summed E-state index contributed by atoms with van der Waals surface area (Å²) in [6, 6.07) is 0. The van der Waals surface area contributed by atoms with Crippen LogP contribution in [0.15, 0.2) is 0 Å². The number of halogens is 1. The van der Waals surface area contributed by atoms with Gasteiger partial charge in [-0.25, -0.2) is 4.98 Å². The number of hydrogen-bond acceptors (Lipinski definition) is 4. The predicted octanol–water partition coefficient (Wildman–Crippen LogP) is 3.42. The van der Waals surface area contributed by atoms with Gasteiger partial charge in [-0.3, -0.25) is 4.79 Å². The molecule has 3 N–H and O–H groups in total. The third kappa shape index (κ3) is 4.17. The first-order valence-electron chi connectivity index (χ1n) is 6.99. The maximum absolute atomic E-state index is 12.2. The molecule has 4 nitrogen and oxygen atoms in total. The van der Waals surface area contributed by atoms with E-state index in [-0.39, 0.29) is 23.7 Å². The second-order valence-electron chi connectivity index (χ2n) is 5.65. The van der Waals surface area contributed by atoms with Gasteiger partial charge in [0.05, 0.1) is 5.69 Å². The van der Waals surface area contributed by atoms with Crippen LogP contribution in [0.3, 0.4) is 0 Å². The van der Waals surface area contributed by atoms with E-state index in [1.54, 1.807) is 0 Å². The predicted molar refractivity (Wildman–Crippen MR) is 86.7 cm³/mol. The van der Waals surface area contributed by atoms with Crippen molar-refractivity contribution >= 4 is 34.8 Å². The fourth-order valence-corrected chi connectivity index (χ4v) is 3.62. The molecular weight excluding hydrogens is 294 g/mol. The minimum Gasteiger partial charge on any atom is -0.330 e. The molecule has 2 rings (SSSR count). The second kappa shape index (κ2) is 7.38. The van der Waals surface area contributed by atoms with Crippen LogP contribution >= 0.6 is 23.7 Å². The van der Waals surface area contributed by atoms with Gasteiger partial charge in [-0.1, -0.05) is 19.3 Å². The van der Waals surface area contributed by atoms with Crippen molar-refractivity contribution in [3.63, 3.8) is 0 Å². The maximum Gasteiger partial charge on any atom is 0.226 e. The summed E-state index contributed by atoms with van der Waals surface area (Å²) in [5, 5.41) is 3.63. The summed E-state index contributed by atoms with van der Waals surface area (Å²) in [5.74, 6) is 0.0566. The maximum atomic E-state index is 12.2. The highest BCUT2D eigenvalue weighted by molar-refractivity contribution is 7.15. The average Bonchev–Trinajstić information content (AvgIpc) is 2.69. The molecule has 1 aliphatic carbocycles. The van der Waals surface area contributed by atoms with Crippen molar-refractivity contribution in [2.75, 3.05) is 11.9 Å². The fraction of sp³-hybridized carbons (Fsp3) is 0.714. The van der Waals surface area contributed by atoms with Crippen molar-refractivity contribution in [1.82, 2.24) is 4.98 Å². The number of carbonyl (C=O) groups is 1. The van der Waals surface area contributed by atoms with Crippen LogP contribution in [0.4, 0.5) is 5.13 Å². The van der Waals surface area contributed by atoms with Crippen molar-refractivity contribution in [3.05, 3.63) is 10.6 Å². The third-order valence-corrected chi connectivity index (χ3v) is 5.15. The van der Waals surface area contributed by atoms with Crippen LogP contribution in [0.25, 0.3) is 0 Å². The Morgan fingerprint density at radius 3 is 2.50 bits per heavy atom. The summed E-state index contributed by atoms with van der Waals surface area (Å²) in [6.07, 6.45) is 6.34. The van der Waals surface area contributed by atoms with Gasteiger partial charge in [0, 0.05) is 11.3 Å². The average molecular weight is 318 g/mol. The summed E-state index contributed by atoms with van der Waals surface area (Å²) in [6.45, 7) is 4.59. The van der Waals surface area contributed by atoms with E-state index in [0.717, 1.165) is 23.4 Å². The van der Waals surface area contributed by atoms with Crippen molar-refractivity contribution in [3.8, 4) is 0 Å². The lowest BCUT2D eigenvalue weighted by Gasteiger charge is -2.35. The highest BCUT2D eigenvalue weighted by Gasteiger charge is 2.33. The summed E-state index contributed by atoms with van der Waals surface area (Å²) in [4.78, 5) is 17.7. The lowest BCUT2D eigenvalue weighted by Crippen LogP contribution is -2.36. The lowest BCUT2D eigenvalue weighted by molar-refractivity contribution is -0.118. The number of aryl methyl sites for hydroxylation is 2. The standard InChI is InChI=1S/C14H23N3OS.ClH/c1-10-11(2)19-13(16-10)17-12(18)8-14(9-15)6-4-3-5-7-14;/h3-9,15H2,1-2H3,(H,16,17,18);1H. The number of rotatable bonds is 4. The van der Waals surface area contributed by atoms with E-state index in [4.69, 9.17) is 5.73 Å². The van der Waals surface area contributed by atoms with E-state index in [1.807, 2.05) is 13.8 Å². The summed E-state index contributed by atoms with van der Waals surface area (Å²) in [5.41, 5.74) is 6.92. The molecule has 114 valence electrons. The Morgan fingerprint density at radius 1 is 1.35 bits per heavy atom. The molecule has 6 heteroatoms. The highest BCUT2D eigenvalue weighted by Crippen LogP contribution is 2.38. The molecule has 0 spiro atoms. The van der Waals surface area contributed by atoms with Crippen LogP contribution < -0.4 is 11.1 Å². The SMILES string of the molecule is Cc1nc(NC(=O)CC2(CN)CCCCC2)sc1C.Cl. The van der Waals surface area contributed by atoms with Gasteiger partial charge in [0.15, 0.2) is 5.13 Å². The van der Waals surface area contributed by atoms with E-state index in [2.05, 4.69) is 10.3 Å².